The largest absolute Gasteiger partial charge is 0.473 e. The number of anilines is 1. The van der Waals surface area contributed by atoms with E-state index in [9.17, 15) is 0 Å². The SMILES string of the molecule is C#CC(C)(C)Oc1ccccc1N. The van der Waals surface area contributed by atoms with Gasteiger partial charge >= 0.3 is 0 Å². The minimum atomic E-state index is -0.616. The van der Waals surface area contributed by atoms with E-state index in [1.54, 1.807) is 12.1 Å². The average molecular weight is 175 g/mol. The van der Waals surface area contributed by atoms with Crippen LogP contribution >= 0.6 is 0 Å². The Morgan fingerprint density at radius 3 is 2.54 bits per heavy atom. The van der Waals surface area contributed by atoms with E-state index in [2.05, 4.69) is 5.92 Å². The third-order valence-corrected chi connectivity index (χ3v) is 1.63. The second kappa shape index (κ2) is 3.40. The van der Waals surface area contributed by atoms with Gasteiger partial charge in [0.05, 0.1) is 5.69 Å². The van der Waals surface area contributed by atoms with Crippen molar-refractivity contribution in [1.29, 1.82) is 0 Å². The van der Waals surface area contributed by atoms with Gasteiger partial charge in [-0.1, -0.05) is 18.1 Å². The third kappa shape index (κ3) is 2.41. The first-order valence-corrected chi connectivity index (χ1v) is 4.06. The molecule has 0 radical (unpaired) electrons. The van der Waals surface area contributed by atoms with Crippen LogP contribution in [0, 0.1) is 12.3 Å². The van der Waals surface area contributed by atoms with Crippen LogP contribution in [0.1, 0.15) is 13.8 Å². The number of nitrogen functional groups attached to an aromatic ring is 1. The fraction of sp³-hybridized carbons (Fsp3) is 0.273. The van der Waals surface area contributed by atoms with Gasteiger partial charge in [-0.25, -0.2) is 0 Å². The molecule has 2 heteroatoms. The number of rotatable bonds is 2. The Bertz CT molecular complexity index is 336. The fourth-order valence-electron chi connectivity index (χ4n) is 0.878. The number of hydrogen-bond acceptors (Lipinski definition) is 2. The third-order valence-electron chi connectivity index (χ3n) is 1.63. The highest BCUT2D eigenvalue weighted by molar-refractivity contribution is 5.52. The Kier molecular flexibility index (Phi) is 2.48. The quantitative estimate of drug-likeness (QED) is 0.551. The van der Waals surface area contributed by atoms with Gasteiger partial charge in [0.25, 0.3) is 0 Å². The second-order valence-electron chi connectivity index (χ2n) is 3.29. The van der Waals surface area contributed by atoms with Crippen molar-refractivity contribution in [3.8, 4) is 18.1 Å². The van der Waals surface area contributed by atoms with Crippen molar-refractivity contribution in [2.24, 2.45) is 0 Å². The average Bonchev–Trinajstić information content (AvgIpc) is 2.09. The topological polar surface area (TPSA) is 35.2 Å². The molecule has 0 aromatic heterocycles. The van der Waals surface area contributed by atoms with Crippen molar-refractivity contribution in [2.75, 3.05) is 5.73 Å². The normalized spacial score (nSPS) is 10.5. The van der Waals surface area contributed by atoms with E-state index in [1.165, 1.54) is 0 Å². The molecule has 1 aromatic carbocycles. The highest BCUT2D eigenvalue weighted by Crippen LogP contribution is 2.24. The number of para-hydroxylation sites is 2. The first-order chi connectivity index (χ1) is 6.05. The molecule has 0 unspecified atom stereocenters. The maximum absolute atomic E-state index is 5.69. The van der Waals surface area contributed by atoms with Crippen molar-refractivity contribution in [3.63, 3.8) is 0 Å². The van der Waals surface area contributed by atoms with Gasteiger partial charge in [-0.15, -0.1) is 6.42 Å². The molecule has 0 aliphatic carbocycles. The minimum absolute atomic E-state index is 0.603. The zero-order valence-corrected chi connectivity index (χ0v) is 7.87. The van der Waals surface area contributed by atoms with Crippen molar-refractivity contribution in [2.45, 2.75) is 19.4 Å². The van der Waals surface area contributed by atoms with Crippen LogP contribution in [-0.2, 0) is 0 Å². The van der Waals surface area contributed by atoms with Crippen LogP contribution < -0.4 is 10.5 Å². The van der Waals surface area contributed by atoms with E-state index >= 15 is 0 Å². The monoisotopic (exact) mass is 175 g/mol. The van der Waals surface area contributed by atoms with Gasteiger partial charge in [0.15, 0.2) is 5.60 Å². The molecule has 0 amide bonds. The Morgan fingerprint density at radius 2 is 2.00 bits per heavy atom. The van der Waals surface area contributed by atoms with Crippen LogP contribution in [0.25, 0.3) is 0 Å². The van der Waals surface area contributed by atoms with E-state index in [0.717, 1.165) is 0 Å². The summed E-state index contributed by atoms with van der Waals surface area (Å²) in [4.78, 5) is 0. The molecule has 2 N–H and O–H groups in total. The van der Waals surface area contributed by atoms with E-state index < -0.39 is 5.60 Å². The molecule has 0 atom stereocenters. The Morgan fingerprint density at radius 1 is 1.38 bits per heavy atom. The number of terminal acetylenes is 1. The number of hydrogen-bond donors (Lipinski definition) is 1. The summed E-state index contributed by atoms with van der Waals surface area (Å²) in [6.07, 6.45) is 5.29. The lowest BCUT2D eigenvalue weighted by Gasteiger charge is -2.21. The van der Waals surface area contributed by atoms with E-state index in [0.29, 0.717) is 11.4 Å². The Hall–Kier alpha value is -1.62. The molecule has 0 fully saturated rings. The van der Waals surface area contributed by atoms with Crippen LogP contribution in [0.3, 0.4) is 0 Å². The summed E-state index contributed by atoms with van der Waals surface area (Å²) in [5, 5.41) is 0. The summed E-state index contributed by atoms with van der Waals surface area (Å²) >= 11 is 0. The first-order valence-electron chi connectivity index (χ1n) is 4.06. The summed E-state index contributed by atoms with van der Waals surface area (Å²) in [5.41, 5.74) is 5.68. The second-order valence-corrected chi connectivity index (χ2v) is 3.29. The van der Waals surface area contributed by atoms with Gasteiger partial charge in [0.1, 0.15) is 5.75 Å². The van der Waals surface area contributed by atoms with Crippen molar-refractivity contribution in [3.05, 3.63) is 24.3 Å². The minimum Gasteiger partial charge on any atom is -0.473 e. The smallest absolute Gasteiger partial charge is 0.163 e. The van der Waals surface area contributed by atoms with Crippen molar-refractivity contribution in [1.82, 2.24) is 0 Å². The Labute approximate surface area is 78.7 Å². The summed E-state index contributed by atoms with van der Waals surface area (Å²) in [5.74, 6) is 3.17. The summed E-state index contributed by atoms with van der Waals surface area (Å²) < 4.78 is 5.52. The lowest BCUT2D eigenvalue weighted by molar-refractivity contribution is 0.174. The standard InChI is InChI=1S/C11H13NO/c1-4-11(2,3)13-10-8-6-5-7-9(10)12/h1,5-8H,12H2,2-3H3. The summed E-state index contributed by atoms with van der Waals surface area (Å²) in [6, 6.07) is 7.29. The molecule has 0 aliphatic heterocycles. The molecule has 13 heavy (non-hydrogen) atoms. The van der Waals surface area contributed by atoms with E-state index in [1.807, 2.05) is 26.0 Å². The Balaban J connectivity index is 2.88. The van der Waals surface area contributed by atoms with Gasteiger partial charge in [-0.2, -0.15) is 0 Å². The summed E-state index contributed by atoms with van der Waals surface area (Å²) in [6.45, 7) is 3.64. The molecule has 0 aliphatic rings. The van der Waals surface area contributed by atoms with Gasteiger partial charge in [-0.3, -0.25) is 0 Å². The molecule has 0 saturated heterocycles. The molecular formula is C11H13NO. The predicted octanol–water partition coefficient (Wildman–Crippen LogP) is 2.06. The van der Waals surface area contributed by atoms with Crippen LogP contribution in [0.5, 0.6) is 5.75 Å². The maximum Gasteiger partial charge on any atom is 0.163 e. The molecule has 1 rings (SSSR count). The van der Waals surface area contributed by atoms with E-state index in [4.69, 9.17) is 16.9 Å². The van der Waals surface area contributed by atoms with Crippen LogP contribution in [0.15, 0.2) is 24.3 Å². The first kappa shape index (κ1) is 9.47. The highest BCUT2D eigenvalue weighted by Gasteiger charge is 2.16. The molecular weight excluding hydrogens is 162 g/mol. The van der Waals surface area contributed by atoms with Gasteiger partial charge in [0.2, 0.25) is 0 Å². The van der Waals surface area contributed by atoms with Crippen molar-refractivity contribution >= 4 is 5.69 Å². The van der Waals surface area contributed by atoms with Crippen LogP contribution in [0.4, 0.5) is 5.69 Å². The molecule has 2 nitrogen and oxygen atoms in total. The maximum atomic E-state index is 5.69. The zero-order valence-electron chi connectivity index (χ0n) is 7.87. The predicted molar refractivity (Wildman–Crippen MR) is 54.4 cm³/mol. The van der Waals surface area contributed by atoms with E-state index in [-0.39, 0.29) is 0 Å². The van der Waals surface area contributed by atoms with Gasteiger partial charge < -0.3 is 10.5 Å². The molecule has 1 aromatic rings. The van der Waals surface area contributed by atoms with Gasteiger partial charge in [-0.05, 0) is 26.0 Å². The molecule has 0 bridgehead atoms. The highest BCUT2D eigenvalue weighted by atomic mass is 16.5. The summed E-state index contributed by atoms with van der Waals surface area (Å²) in [7, 11) is 0. The van der Waals surface area contributed by atoms with Crippen LogP contribution in [-0.4, -0.2) is 5.60 Å². The van der Waals surface area contributed by atoms with Crippen LogP contribution in [0.2, 0.25) is 0 Å². The fourth-order valence-corrected chi connectivity index (χ4v) is 0.878. The van der Waals surface area contributed by atoms with Gasteiger partial charge in [0, 0.05) is 0 Å². The molecule has 68 valence electrons. The number of benzene rings is 1. The number of nitrogens with two attached hydrogens (primary N) is 1. The molecule has 0 heterocycles. The molecule has 0 spiro atoms. The number of ether oxygens (including phenoxy) is 1. The molecule has 0 saturated carbocycles. The van der Waals surface area contributed by atoms with Crippen molar-refractivity contribution < 1.29 is 4.74 Å². The lowest BCUT2D eigenvalue weighted by atomic mass is 10.1. The zero-order chi connectivity index (χ0) is 9.90. The lowest BCUT2D eigenvalue weighted by Crippen LogP contribution is -2.25.